The molecule has 4 heteroatoms. The lowest BCUT2D eigenvalue weighted by Gasteiger charge is -2.30. The number of nitrogens with zero attached hydrogens (tertiary/aromatic N) is 1. The third kappa shape index (κ3) is 3.82. The van der Waals surface area contributed by atoms with E-state index in [2.05, 4.69) is 13.8 Å². The van der Waals surface area contributed by atoms with Gasteiger partial charge in [-0.3, -0.25) is 4.79 Å². The minimum absolute atomic E-state index is 0.124. The molecule has 1 fully saturated rings. The average molecular weight is 341 g/mol. The van der Waals surface area contributed by atoms with Gasteiger partial charge in [0.05, 0.1) is 18.4 Å². The molecule has 0 N–H and O–H groups in total. The van der Waals surface area contributed by atoms with Gasteiger partial charge in [-0.2, -0.15) is 0 Å². The molecule has 3 rings (SSSR count). The minimum Gasteiger partial charge on any atom is -0.352 e. The van der Waals surface area contributed by atoms with E-state index in [-0.39, 0.29) is 18.2 Å². The van der Waals surface area contributed by atoms with Crippen molar-refractivity contribution in [2.75, 3.05) is 12.4 Å². The molecular weight excluding hydrogens is 318 g/mol. The van der Waals surface area contributed by atoms with Crippen molar-refractivity contribution < 1.29 is 9.53 Å². The fourth-order valence-electron chi connectivity index (χ4n) is 2.96. The number of hydrogen-bond acceptors (Lipinski definition) is 3. The summed E-state index contributed by atoms with van der Waals surface area (Å²) in [6, 6.07) is 20.2. The maximum atomic E-state index is 12.9. The first kappa shape index (κ1) is 17.1. The summed E-state index contributed by atoms with van der Waals surface area (Å²) in [5.41, 5.74) is 1.04. The van der Waals surface area contributed by atoms with E-state index in [1.807, 2.05) is 65.6 Å². The molecule has 126 valence electrons. The zero-order chi connectivity index (χ0) is 16.9. The van der Waals surface area contributed by atoms with E-state index < -0.39 is 0 Å². The molecule has 24 heavy (non-hydrogen) atoms. The van der Waals surface area contributed by atoms with E-state index in [1.54, 1.807) is 11.8 Å². The Hall–Kier alpha value is -1.78. The standard InChI is InChI=1S/C20H23NO2S/c1-15(2)18-13-23-20(16-9-5-3-6-10-16)21(18)19(22)14-24-17-11-7-4-8-12-17/h3-12,15,18,20H,13-14H2,1-2H3/t18-,20+/m0/s1. The molecule has 0 bridgehead atoms. The van der Waals surface area contributed by atoms with Gasteiger partial charge in [-0.15, -0.1) is 11.8 Å². The van der Waals surface area contributed by atoms with Crippen LogP contribution in [0.25, 0.3) is 0 Å². The molecule has 2 aromatic rings. The van der Waals surface area contributed by atoms with Crippen LogP contribution >= 0.6 is 11.8 Å². The van der Waals surface area contributed by atoms with Crippen molar-refractivity contribution in [2.24, 2.45) is 5.92 Å². The number of carbonyl (C=O) groups excluding carboxylic acids is 1. The van der Waals surface area contributed by atoms with Crippen LogP contribution < -0.4 is 0 Å². The Kier molecular flexibility index (Phi) is 5.59. The van der Waals surface area contributed by atoms with E-state index >= 15 is 0 Å². The Morgan fingerprint density at radius 2 is 1.75 bits per heavy atom. The Bertz CT molecular complexity index is 660. The zero-order valence-electron chi connectivity index (χ0n) is 14.1. The minimum atomic E-state index is -0.275. The zero-order valence-corrected chi connectivity index (χ0v) is 14.9. The van der Waals surface area contributed by atoms with Gasteiger partial charge in [0.1, 0.15) is 0 Å². The number of thioether (sulfide) groups is 1. The molecule has 1 amide bonds. The van der Waals surface area contributed by atoms with Crippen molar-refractivity contribution in [1.29, 1.82) is 0 Å². The highest BCUT2D eigenvalue weighted by molar-refractivity contribution is 8.00. The maximum Gasteiger partial charge on any atom is 0.235 e. The fourth-order valence-corrected chi connectivity index (χ4v) is 3.75. The van der Waals surface area contributed by atoms with Crippen molar-refractivity contribution in [1.82, 2.24) is 4.90 Å². The van der Waals surface area contributed by atoms with Crippen molar-refractivity contribution >= 4 is 17.7 Å². The van der Waals surface area contributed by atoms with Crippen molar-refractivity contribution in [3.8, 4) is 0 Å². The molecule has 0 aliphatic carbocycles. The molecular formula is C20H23NO2S. The smallest absolute Gasteiger partial charge is 0.235 e. The lowest BCUT2D eigenvalue weighted by Crippen LogP contribution is -2.42. The molecule has 0 radical (unpaired) electrons. The number of hydrogen-bond donors (Lipinski definition) is 0. The summed E-state index contributed by atoms with van der Waals surface area (Å²) in [7, 11) is 0. The van der Waals surface area contributed by atoms with Gasteiger partial charge >= 0.3 is 0 Å². The summed E-state index contributed by atoms with van der Waals surface area (Å²) in [6.07, 6.45) is -0.275. The first-order chi connectivity index (χ1) is 11.7. The molecule has 0 unspecified atom stereocenters. The number of ether oxygens (including phenoxy) is 1. The lowest BCUT2D eigenvalue weighted by molar-refractivity contribution is -0.135. The van der Waals surface area contributed by atoms with E-state index in [0.29, 0.717) is 18.3 Å². The number of benzene rings is 2. The predicted molar refractivity (Wildman–Crippen MR) is 97.8 cm³/mol. The lowest BCUT2D eigenvalue weighted by atomic mass is 10.0. The van der Waals surface area contributed by atoms with Gasteiger partial charge in [-0.05, 0) is 18.1 Å². The first-order valence-corrected chi connectivity index (χ1v) is 9.31. The maximum absolute atomic E-state index is 12.9. The molecule has 3 nitrogen and oxygen atoms in total. The second kappa shape index (κ2) is 7.86. The van der Waals surface area contributed by atoms with Crippen LogP contribution in [0.15, 0.2) is 65.6 Å². The Balaban J connectivity index is 1.76. The molecule has 1 saturated heterocycles. The van der Waals surface area contributed by atoms with E-state index in [1.165, 1.54) is 0 Å². The summed E-state index contributed by atoms with van der Waals surface area (Å²) < 4.78 is 5.99. The van der Waals surface area contributed by atoms with Crippen molar-refractivity contribution in [2.45, 2.75) is 31.0 Å². The van der Waals surface area contributed by atoms with Gasteiger partial charge < -0.3 is 9.64 Å². The van der Waals surface area contributed by atoms with E-state index in [4.69, 9.17) is 4.74 Å². The fraction of sp³-hybridized carbons (Fsp3) is 0.350. The number of carbonyl (C=O) groups is 1. The monoisotopic (exact) mass is 341 g/mol. The molecule has 2 aromatic carbocycles. The summed E-state index contributed by atoms with van der Waals surface area (Å²) in [6.45, 7) is 4.89. The summed E-state index contributed by atoms with van der Waals surface area (Å²) in [5.74, 6) is 0.929. The van der Waals surface area contributed by atoms with Crippen LogP contribution in [0.5, 0.6) is 0 Å². The molecule has 1 aliphatic heterocycles. The van der Waals surface area contributed by atoms with Gasteiger partial charge in [-0.25, -0.2) is 0 Å². The molecule has 2 atom stereocenters. The predicted octanol–water partition coefficient (Wildman–Crippen LogP) is 4.36. The van der Waals surface area contributed by atoms with Crippen LogP contribution in [0.1, 0.15) is 25.6 Å². The average Bonchev–Trinajstić information content (AvgIpc) is 3.07. The molecule has 1 heterocycles. The van der Waals surface area contributed by atoms with Gasteiger partial charge in [0.25, 0.3) is 0 Å². The molecule has 0 aromatic heterocycles. The van der Waals surface area contributed by atoms with Crippen molar-refractivity contribution in [3.63, 3.8) is 0 Å². The summed E-state index contributed by atoms with van der Waals surface area (Å²) in [4.78, 5) is 16.0. The van der Waals surface area contributed by atoms with Crippen LogP contribution in [0.2, 0.25) is 0 Å². The number of rotatable bonds is 5. The largest absolute Gasteiger partial charge is 0.352 e. The van der Waals surface area contributed by atoms with Gasteiger partial charge in [0.2, 0.25) is 5.91 Å². The Morgan fingerprint density at radius 1 is 1.12 bits per heavy atom. The first-order valence-electron chi connectivity index (χ1n) is 8.32. The van der Waals surface area contributed by atoms with Crippen LogP contribution in [-0.2, 0) is 9.53 Å². The van der Waals surface area contributed by atoms with Crippen molar-refractivity contribution in [3.05, 3.63) is 66.2 Å². The normalized spacial score (nSPS) is 20.5. The van der Waals surface area contributed by atoms with E-state index in [9.17, 15) is 4.79 Å². The number of amides is 1. The third-order valence-electron chi connectivity index (χ3n) is 4.28. The quantitative estimate of drug-likeness (QED) is 0.757. The Morgan fingerprint density at radius 3 is 2.38 bits per heavy atom. The summed E-state index contributed by atoms with van der Waals surface area (Å²) >= 11 is 1.58. The highest BCUT2D eigenvalue weighted by atomic mass is 32.2. The van der Waals surface area contributed by atoms with Crippen LogP contribution in [0, 0.1) is 5.92 Å². The van der Waals surface area contributed by atoms with Gasteiger partial charge in [-0.1, -0.05) is 62.4 Å². The summed E-state index contributed by atoms with van der Waals surface area (Å²) in [5, 5.41) is 0. The van der Waals surface area contributed by atoms with Gasteiger partial charge in [0, 0.05) is 10.5 Å². The Labute approximate surface area is 148 Å². The van der Waals surface area contributed by atoms with Crippen LogP contribution in [-0.4, -0.2) is 29.2 Å². The second-order valence-electron chi connectivity index (χ2n) is 6.31. The SMILES string of the molecule is CC(C)[C@@H]1CO[C@H](c2ccccc2)N1C(=O)CSc1ccccc1. The van der Waals surface area contributed by atoms with Crippen LogP contribution in [0.4, 0.5) is 0 Å². The molecule has 0 spiro atoms. The third-order valence-corrected chi connectivity index (χ3v) is 5.28. The topological polar surface area (TPSA) is 29.5 Å². The molecule has 0 saturated carbocycles. The molecule has 1 aliphatic rings. The van der Waals surface area contributed by atoms with E-state index in [0.717, 1.165) is 10.5 Å². The second-order valence-corrected chi connectivity index (χ2v) is 7.36. The highest BCUT2D eigenvalue weighted by Gasteiger charge is 2.39. The van der Waals surface area contributed by atoms with Crippen LogP contribution in [0.3, 0.4) is 0 Å². The van der Waals surface area contributed by atoms with Gasteiger partial charge in [0.15, 0.2) is 6.23 Å². The highest BCUT2D eigenvalue weighted by Crippen LogP contribution is 2.34.